The maximum Gasteiger partial charge on any atom is 0.141 e. The van der Waals surface area contributed by atoms with E-state index in [1.54, 1.807) is 0 Å². The molecule has 3 rings (SSSR count). The molecule has 0 amide bonds. The van der Waals surface area contributed by atoms with E-state index in [1.165, 1.54) is 0 Å². The van der Waals surface area contributed by atoms with Crippen molar-refractivity contribution < 1.29 is 4.74 Å². The van der Waals surface area contributed by atoms with Crippen LogP contribution in [0.25, 0.3) is 11.3 Å². The van der Waals surface area contributed by atoms with Crippen LogP contribution in [0.1, 0.15) is 49.4 Å². The third kappa shape index (κ3) is 3.94. The molecule has 1 atom stereocenters. The molecule has 0 aliphatic carbocycles. The number of rotatable bonds is 6. The molecule has 4 heteroatoms. The van der Waals surface area contributed by atoms with Crippen LogP contribution in [0.5, 0.6) is 5.75 Å². The molecular weight excluding hydrogens is 344 g/mol. The number of halogens is 1. The zero-order valence-electron chi connectivity index (χ0n) is 15.4. The Morgan fingerprint density at radius 3 is 2.42 bits per heavy atom. The van der Waals surface area contributed by atoms with Crippen LogP contribution in [0.3, 0.4) is 0 Å². The van der Waals surface area contributed by atoms with Gasteiger partial charge in [0, 0.05) is 16.5 Å². The predicted octanol–water partition coefficient (Wildman–Crippen LogP) is 6.51. The van der Waals surface area contributed by atoms with Gasteiger partial charge in [-0.15, -0.1) is 0 Å². The minimum Gasteiger partial charge on any atom is -0.484 e. The standard InChI is InChI=1S/C22H24ClN2O/c1-5-18(26-19-9-7-6-8-15(19)4)21-20(24-22(25-21)14(2)3)16-10-12-17(23)13-11-16/h6-14,18H,1,5H2,2-4H3,(H,24,25). The smallest absolute Gasteiger partial charge is 0.141 e. The van der Waals surface area contributed by atoms with E-state index in [4.69, 9.17) is 21.3 Å². The van der Waals surface area contributed by atoms with Crippen LogP contribution >= 0.6 is 11.6 Å². The number of hydrogen-bond acceptors (Lipinski definition) is 2. The van der Waals surface area contributed by atoms with Crippen molar-refractivity contribution in [2.75, 3.05) is 0 Å². The predicted molar refractivity (Wildman–Crippen MR) is 108 cm³/mol. The molecule has 0 aliphatic heterocycles. The average Bonchev–Trinajstić information content (AvgIpc) is 3.07. The quantitative estimate of drug-likeness (QED) is 0.539. The van der Waals surface area contributed by atoms with Gasteiger partial charge in [0.2, 0.25) is 0 Å². The molecule has 135 valence electrons. The maximum absolute atomic E-state index is 6.30. The summed E-state index contributed by atoms with van der Waals surface area (Å²) in [4.78, 5) is 8.31. The Kier molecular flexibility index (Phi) is 5.67. The van der Waals surface area contributed by atoms with Gasteiger partial charge in [0.25, 0.3) is 0 Å². The molecule has 1 N–H and O–H groups in total. The van der Waals surface area contributed by atoms with Crippen molar-refractivity contribution in [3.63, 3.8) is 0 Å². The number of H-pyrrole nitrogens is 1. The average molecular weight is 368 g/mol. The number of nitrogens with one attached hydrogen (secondary N) is 1. The Balaban J connectivity index is 2.03. The van der Waals surface area contributed by atoms with Gasteiger partial charge in [-0.3, -0.25) is 0 Å². The number of aromatic amines is 1. The van der Waals surface area contributed by atoms with Crippen LogP contribution in [0.4, 0.5) is 0 Å². The maximum atomic E-state index is 6.30. The van der Waals surface area contributed by atoms with Crippen LogP contribution in [-0.4, -0.2) is 9.97 Å². The Labute approximate surface area is 160 Å². The fourth-order valence-electron chi connectivity index (χ4n) is 2.84. The summed E-state index contributed by atoms with van der Waals surface area (Å²) in [6, 6.07) is 15.8. The van der Waals surface area contributed by atoms with Crippen molar-refractivity contribution in [3.8, 4) is 17.0 Å². The first-order valence-corrected chi connectivity index (χ1v) is 9.24. The van der Waals surface area contributed by atoms with Gasteiger partial charge in [-0.2, -0.15) is 0 Å². The lowest BCUT2D eigenvalue weighted by atomic mass is 10.1. The number of aromatic nitrogens is 2. The van der Waals surface area contributed by atoms with Crippen molar-refractivity contribution in [1.29, 1.82) is 0 Å². The van der Waals surface area contributed by atoms with Crippen LogP contribution in [-0.2, 0) is 0 Å². The van der Waals surface area contributed by atoms with E-state index in [2.05, 4.69) is 25.8 Å². The minimum atomic E-state index is -0.207. The fraction of sp³-hybridized carbons (Fsp3) is 0.273. The second-order valence-corrected chi connectivity index (χ2v) is 7.14. The van der Waals surface area contributed by atoms with Gasteiger partial charge in [-0.1, -0.05) is 55.8 Å². The first-order chi connectivity index (χ1) is 12.5. The lowest BCUT2D eigenvalue weighted by molar-refractivity contribution is 0.203. The van der Waals surface area contributed by atoms with Gasteiger partial charge in [-0.05, 0) is 44.0 Å². The van der Waals surface area contributed by atoms with Crippen molar-refractivity contribution in [3.05, 3.63) is 77.6 Å². The van der Waals surface area contributed by atoms with E-state index in [0.29, 0.717) is 17.4 Å². The second kappa shape index (κ2) is 7.96. The molecule has 0 saturated carbocycles. The summed E-state index contributed by atoms with van der Waals surface area (Å²) < 4.78 is 6.30. The zero-order chi connectivity index (χ0) is 18.7. The van der Waals surface area contributed by atoms with Crippen molar-refractivity contribution in [1.82, 2.24) is 9.97 Å². The third-order valence-electron chi connectivity index (χ3n) is 4.36. The molecule has 3 aromatic rings. The molecule has 3 nitrogen and oxygen atoms in total. The summed E-state index contributed by atoms with van der Waals surface area (Å²) in [6.07, 6.45) is 0.385. The zero-order valence-corrected chi connectivity index (χ0v) is 16.2. The lowest BCUT2D eigenvalue weighted by Crippen LogP contribution is -2.09. The van der Waals surface area contributed by atoms with Gasteiger partial charge in [0.15, 0.2) is 0 Å². The summed E-state index contributed by atoms with van der Waals surface area (Å²) in [5.41, 5.74) is 3.96. The third-order valence-corrected chi connectivity index (χ3v) is 4.61. The largest absolute Gasteiger partial charge is 0.484 e. The Bertz CT molecular complexity index is 868. The summed E-state index contributed by atoms with van der Waals surface area (Å²) in [5.74, 6) is 2.10. The Morgan fingerprint density at radius 1 is 1.12 bits per heavy atom. The van der Waals surface area contributed by atoms with E-state index in [0.717, 1.165) is 34.1 Å². The first-order valence-electron chi connectivity index (χ1n) is 8.87. The molecule has 26 heavy (non-hydrogen) atoms. The Hall–Kier alpha value is -2.26. The first kappa shape index (κ1) is 18.5. The number of nitrogens with zero attached hydrogens (tertiary/aromatic N) is 1. The molecule has 2 aromatic carbocycles. The summed E-state index contributed by atoms with van der Waals surface area (Å²) in [7, 11) is 0. The van der Waals surface area contributed by atoms with Crippen molar-refractivity contribution in [2.24, 2.45) is 0 Å². The van der Waals surface area contributed by atoms with Gasteiger partial charge >= 0.3 is 0 Å². The summed E-state index contributed by atoms with van der Waals surface area (Å²) in [6.45, 7) is 10.4. The number of benzene rings is 2. The van der Waals surface area contributed by atoms with E-state index in [9.17, 15) is 0 Å². The highest BCUT2D eigenvalue weighted by Crippen LogP contribution is 2.34. The molecule has 0 saturated heterocycles. The minimum absolute atomic E-state index is 0.207. The molecule has 1 aromatic heterocycles. The summed E-state index contributed by atoms with van der Waals surface area (Å²) >= 11 is 6.05. The lowest BCUT2D eigenvalue weighted by Gasteiger charge is -2.19. The SMILES string of the molecule is [CH2]CC(Oc1ccccc1C)c1[nH]c(C(C)C)nc1-c1ccc(Cl)cc1. The number of para-hydroxylation sites is 1. The van der Waals surface area contributed by atoms with E-state index in [-0.39, 0.29) is 6.10 Å². The molecule has 1 heterocycles. The Morgan fingerprint density at radius 2 is 1.81 bits per heavy atom. The van der Waals surface area contributed by atoms with Crippen LogP contribution in [0, 0.1) is 13.8 Å². The number of ether oxygens (including phenoxy) is 1. The monoisotopic (exact) mass is 367 g/mol. The second-order valence-electron chi connectivity index (χ2n) is 6.71. The van der Waals surface area contributed by atoms with E-state index < -0.39 is 0 Å². The fourth-order valence-corrected chi connectivity index (χ4v) is 2.97. The number of imidazole rings is 1. The van der Waals surface area contributed by atoms with Crippen LogP contribution in [0.2, 0.25) is 5.02 Å². The highest BCUT2D eigenvalue weighted by Gasteiger charge is 2.23. The van der Waals surface area contributed by atoms with E-state index >= 15 is 0 Å². The van der Waals surface area contributed by atoms with Gasteiger partial charge in [0.1, 0.15) is 17.7 Å². The summed E-state index contributed by atoms with van der Waals surface area (Å²) in [5, 5.41) is 0.708. The van der Waals surface area contributed by atoms with Crippen molar-refractivity contribution >= 4 is 11.6 Å². The van der Waals surface area contributed by atoms with Crippen molar-refractivity contribution in [2.45, 2.75) is 39.2 Å². The van der Waals surface area contributed by atoms with Gasteiger partial charge in [-0.25, -0.2) is 4.98 Å². The molecule has 0 bridgehead atoms. The van der Waals surface area contributed by atoms with Gasteiger partial charge in [0.05, 0.1) is 11.4 Å². The van der Waals surface area contributed by atoms with Crippen LogP contribution in [0.15, 0.2) is 48.5 Å². The molecule has 1 unspecified atom stereocenters. The van der Waals surface area contributed by atoms with Crippen LogP contribution < -0.4 is 4.74 Å². The number of aryl methyl sites for hydroxylation is 1. The van der Waals surface area contributed by atoms with Gasteiger partial charge < -0.3 is 9.72 Å². The molecule has 0 spiro atoms. The highest BCUT2D eigenvalue weighted by atomic mass is 35.5. The number of hydrogen-bond donors (Lipinski definition) is 1. The highest BCUT2D eigenvalue weighted by molar-refractivity contribution is 6.30. The normalized spacial score (nSPS) is 12.4. The molecular formula is C22H24ClN2O. The molecule has 1 radical (unpaired) electrons. The molecule has 0 fully saturated rings. The van der Waals surface area contributed by atoms with E-state index in [1.807, 2.05) is 55.5 Å². The molecule has 0 aliphatic rings. The topological polar surface area (TPSA) is 37.9 Å².